The Morgan fingerprint density at radius 2 is 2.44 bits per heavy atom. The normalized spacial score (nSPS) is 9.56. The summed E-state index contributed by atoms with van der Waals surface area (Å²) in [6.45, 7) is 5.34. The molecule has 6 heteroatoms. The highest BCUT2D eigenvalue weighted by Gasteiger charge is 2.16. The Morgan fingerprint density at radius 3 is 2.94 bits per heavy atom. The Morgan fingerprint density at radius 1 is 1.75 bits per heavy atom. The molecule has 1 rings (SSSR count). The highest BCUT2D eigenvalue weighted by atomic mass is 16.6. The highest BCUT2D eigenvalue weighted by Crippen LogP contribution is 2.16. The van der Waals surface area contributed by atoms with Gasteiger partial charge in [0.15, 0.2) is 5.69 Å². The summed E-state index contributed by atoms with van der Waals surface area (Å²) in [5.41, 5.74) is 0.123. The van der Waals surface area contributed by atoms with Crippen LogP contribution in [0.5, 0.6) is 0 Å². The van der Waals surface area contributed by atoms with Crippen LogP contribution in [0.25, 0.3) is 6.08 Å². The summed E-state index contributed by atoms with van der Waals surface area (Å²) in [5.74, 6) is -0.618. The first-order valence-electron chi connectivity index (χ1n) is 4.54. The second-order valence-electron chi connectivity index (χ2n) is 2.81. The van der Waals surface area contributed by atoms with Crippen molar-refractivity contribution in [3.63, 3.8) is 0 Å². The largest absolute Gasteiger partial charge is 0.461 e. The molecular formula is C10H10N2O4. The van der Waals surface area contributed by atoms with Crippen LogP contribution in [-0.4, -0.2) is 22.5 Å². The summed E-state index contributed by atoms with van der Waals surface area (Å²) in [6, 6.07) is 1.23. The van der Waals surface area contributed by atoms with Crippen LogP contribution in [0.1, 0.15) is 23.0 Å². The van der Waals surface area contributed by atoms with Gasteiger partial charge in [-0.05, 0) is 6.92 Å². The van der Waals surface area contributed by atoms with Gasteiger partial charge in [0.2, 0.25) is 0 Å². The molecule has 1 aromatic heterocycles. The van der Waals surface area contributed by atoms with E-state index in [9.17, 15) is 14.9 Å². The second kappa shape index (κ2) is 5.01. The topological polar surface area (TPSA) is 82.3 Å². The van der Waals surface area contributed by atoms with E-state index in [2.05, 4.69) is 11.6 Å². The molecule has 1 heterocycles. The molecule has 0 radical (unpaired) electrons. The number of esters is 1. The number of hydrogen-bond donors (Lipinski definition) is 0. The number of hydrogen-bond acceptors (Lipinski definition) is 5. The van der Waals surface area contributed by atoms with Crippen molar-refractivity contribution in [2.24, 2.45) is 0 Å². The third-order valence-corrected chi connectivity index (χ3v) is 1.80. The molecule has 0 saturated heterocycles. The van der Waals surface area contributed by atoms with Crippen LogP contribution < -0.4 is 0 Å². The number of nitrogens with zero attached hydrogens (tertiary/aromatic N) is 2. The molecule has 0 fully saturated rings. The fourth-order valence-electron chi connectivity index (χ4n) is 1.10. The predicted octanol–water partition coefficient (Wildman–Crippen LogP) is 1.81. The predicted molar refractivity (Wildman–Crippen MR) is 56.9 cm³/mol. The maximum absolute atomic E-state index is 11.4. The molecule has 0 aliphatic heterocycles. The number of ether oxygens (including phenoxy) is 1. The van der Waals surface area contributed by atoms with Crippen LogP contribution in [0.4, 0.5) is 5.69 Å². The van der Waals surface area contributed by atoms with Crippen molar-refractivity contribution >= 4 is 17.7 Å². The first kappa shape index (κ1) is 11.8. The number of pyridine rings is 1. The van der Waals surface area contributed by atoms with E-state index in [1.165, 1.54) is 12.1 Å². The first-order valence-corrected chi connectivity index (χ1v) is 4.54. The Hall–Kier alpha value is -2.24. The summed E-state index contributed by atoms with van der Waals surface area (Å²) >= 11 is 0. The van der Waals surface area contributed by atoms with Crippen molar-refractivity contribution in [2.75, 3.05) is 6.61 Å². The average Bonchev–Trinajstić information content (AvgIpc) is 2.28. The molecule has 6 nitrogen and oxygen atoms in total. The summed E-state index contributed by atoms with van der Waals surface area (Å²) in [5, 5.41) is 10.5. The minimum atomic E-state index is -0.618. The van der Waals surface area contributed by atoms with Gasteiger partial charge in [0.1, 0.15) is 6.20 Å². The lowest BCUT2D eigenvalue weighted by Crippen LogP contribution is -2.09. The van der Waals surface area contributed by atoms with Crippen molar-refractivity contribution in [1.29, 1.82) is 0 Å². The van der Waals surface area contributed by atoms with Crippen LogP contribution >= 0.6 is 0 Å². The zero-order chi connectivity index (χ0) is 12.1. The molecule has 0 spiro atoms. The molecule has 0 bridgehead atoms. The van der Waals surface area contributed by atoms with Gasteiger partial charge in [-0.3, -0.25) is 10.1 Å². The van der Waals surface area contributed by atoms with Gasteiger partial charge in [0.05, 0.1) is 11.5 Å². The van der Waals surface area contributed by atoms with Gasteiger partial charge in [0, 0.05) is 11.6 Å². The fraction of sp³-hybridized carbons (Fsp3) is 0.200. The summed E-state index contributed by atoms with van der Waals surface area (Å²) in [4.78, 5) is 25.0. The molecule has 0 aliphatic rings. The minimum absolute atomic E-state index is 0.0300. The standard InChI is InChI=1S/C10H10N2O4/c1-3-7-5-8(12(14)15)6-11-9(7)10(13)16-4-2/h3,5-6H,1,4H2,2H3. The van der Waals surface area contributed by atoms with Gasteiger partial charge in [-0.15, -0.1) is 0 Å². The molecular weight excluding hydrogens is 212 g/mol. The maximum Gasteiger partial charge on any atom is 0.357 e. The van der Waals surface area contributed by atoms with Gasteiger partial charge in [-0.2, -0.15) is 0 Å². The highest BCUT2D eigenvalue weighted by molar-refractivity contribution is 5.91. The molecule has 0 saturated carbocycles. The third kappa shape index (κ3) is 2.41. The van der Waals surface area contributed by atoms with Crippen LogP contribution in [0.3, 0.4) is 0 Å². The van der Waals surface area contributed by atoms with Gasteiger partial charge in [0.25, 0.3) is 5.69 Å². The van der Waals surface area contributed by atoms with Crippen LogP contribution in [0.2, 0.25) is 0 Å². The number of aromatic nitrogens is 1. The van der Waals surface area contributed by atoms with E-state index < -0.39 is 10.9 Å². The number of rotatable bonds is 4. The SMILES string of the molecule is C=Cc1cc([N+](=O)[O-])cnc1C(=O)OCC. The molecule has 0 unspecified atom stereocenters. The lowest BCUT2D eigenvalue weighted by atomic mass is 10.2. The first-order chi connectivity index (χ1) is 7.60. The zero-order valence-corrected chi connectivity index (χ0v) is 8.67. The van der Waals surface area contributed by atoms with Crippen LogP contribution in [-0.2, 0) is 4.74 Å². The van der Waals surface area contributed by atoms with Gasteiger partial charge in [-0.25, -0.2) is 9.78 Å². The number of nitro groups is 1. The molecule has 0 aromatic carbocycles. The van der Waals surface area contributed by atoms with Gasteiger partial charge < -0.3 is 4.74 Å². The van der Waals surface area contributed by atoms with Crippen molar-refractivity contribution in [3.05, 3.63) is 40.2 Å². The molecule has 0 amide bonds. The van der Waals surface area contributed by atoms with Crippen molar-refractivity contribution < 1.29 is 14.5 Å². The van der Waals surface area contributed by atoms with E-state index in [0.717, 1.165) is 6.20 Å². The van der Waals surface area contributed by atoms with E-state index in [0.29, 0.717) is 0 Å². The van der Waals surface area contributed by atoms with Crippen molar-refractivity contribution in [2.45, 2.75) is 6.92 Å². The quantitative estimate of drug-likeness (QED) is 0.440. The lowest BCUT2D eigenvalue weighted by Gasteiger charge is -2.03. The van der Waals surface area contributed by atoms with E-state index in [1.54, 1.807) is 6.92 Å². The second-order valence-corrected chi connectivity index (χ2v) is 2.81. The average molecular weight is 222 g/mol. The van der Waals surface area contributed by atoms with Crippen LogP contribution in [0, 0.1) is 10.1 Å². The summed E-state index contributed by atoms with van der Waals surface area (Å²) < 4.78 is 4.75. The van der Waals surface area contributed by atoms with E-state index >= 15 is 0 Å². The molecule has 84 valence electrons. The summed E-state index contributed by atoms with van der Waals surface area (Å²) in [7, 11) is 0. The Labute approximate surface area is 91.7 Å². The maximum atomic E-state index is 11.4. The van der Waals surface area contributed by atoms with E-state index in [4.69, 9.17) is 4.74 Å². The zero-order valence-electron chi connectivity index (χ0n) is 8.67. The molecule has 0 aliphatic carbocycles. The molecule has 0 N–H and O–H groups in total. The number of carbonyl (C=O) groups excluding carboxylic acids is 1. The van der Waals surface area contributed by atoms with Crippen LogP contribution in [0.15, 0.2) is 18.8 Å². The Balaban J connectivity index is 3.16. The van der Waals surface area contributed by atoms with E-state index in [1.807, 2.05) is 0 Å². The fourth-order valence-corrected chi connectivity index (χ4v) is 1.10. The third-order valence-electron chi connectivity index (χ3n) is 1.80. The van der Waals surface area contributed by atoms with Gasteiger partial charge >= 0.3 is 5.97 Å². The minimum Gasteiger partial charge on any atom is -0.461 e. The Kier molecular flexibility index (Phi) is 3.71. The van der Waals surface area contributed by atoms with Crippen molar-refractivity contribution in [1.82, 2.24) is 4.98 Å². The van der Waals surface area contributed by atoms with Gasteiger partial charge in [-0.1, -0.05) is 12.7 Å². The molecule has 0 atom stereocenters. The van der Waals surface area contributed by atoms with E-state index in [-0.39, 0.29) is 23.6 Å². The lowest BCUT2D eigenvalue weighted by molar-refractivity contribution is -0.385. The smallest absolute Gasteiger partial charge is 0.357 e. The molecule has 16 heavy (non-hydrogen) atoms. The number of carbonyl (C=O) groups is 1. The summed E-state index contributed by atoms with van der Waals surface area (Å²) in [6.07, 6.45) is 2.34. The monoisotopic (exact) mass is 222 g/mol. The molecule has 1 aromatic rings. The Bertz CT molecular complexity index is 442. The van der Waals surface area contributed by atoms with Crippen molar-refractivity contribution in [3.8, 4) is 0 Å².